The Hall–Kier alpha value is -3.67. The number of aliphatic hydroxyl groups is 1. The van der Waals surface area contributed by atoms with Crippen molar-refractivity contribution in [3.8, 4) is 5.75 Å². The average Bonchev–Trinajstić information content (AvgIpc) is 3.61. The number of benzene rings is 4. The molecular formula is C34H24BrCl2N3O4S2. The fraction of sp³-hybridized carbons (Fsp3) is 0.118. The molecule has 46 heavy (non-hydrogen) atoms. The van der Waals surface area contributed by atoms with Crippen molar-refractivity contribution in [3.63, 3.8) is 0 Å². The van der Waals surface area contributed by atoms with Crippen molar-refractivity contribution in [2.24, 2.45) is 0 Å². The van der Waals surface area contributed by atoms with E-state index < -0.39 is 17.7 Å². The summed E-state index contributed by atoms with van der Waals surface area (Å²) in [5.41, 5.74) is 4.00. The van der Waals surface area contributed by atoms with Crippen LogP contribution in [0.5, 0.6) is 5.75 Å². The maximum Gasteiger partial charge on any atom is 0.301 e. The summed E-state index contributed by atoms with van der Waals surface area (Å²) in [6.45, 7) is 2.41. The standard InChI is InChI=1S/C34H24BrCl2N3O4S2/c1-19-3-2-4-20(15-19)17-44-26-13-8-22(9-14-26)30(41)28-29(21-5-10-24(35)11-6-21)40(32(43)31(28)42)33-38-39-34(46-33)45-18-23-7-12-25(36)16-27(23)37/h2-16,29,41H,17-18H2,1H3/b30-28+. The first-order valence-electron chi connectivity index (χ1n) is 13.9. The Morgan fingerprint density at radius 3 is 2.48 bits per heavy atom. The number of carbonyl (C=O) groups excluding carboxylic acids is 2. The minimum atomic E-state index is -0.929. The fourth-order valence-electron chi connectivity index (χ4n) is 4.96. The molecule has 1 aromatic heterocycles. The monoisotopic (exact) mass is 751 g/mol. The molecule has 232 valence electrons. The number of ether oxygens (including phenoxy) is 1. The van der Waals surface area contributed by atoms with Crippen molar-refractivity contribution in [1.82, 2.24) is 10.2 Å². The summed E-state index contributed by atoms with van der Waals surface area (Å²) < 4.78 is 7.33. The SMILES string of the molecule is Cc1cccc(COc2ccc(/C(O)=C3\C(=O)C(=O)N(c4nnc(SCc5ccc(Cl)cc5Cl)s4)C3c3ccc(Br)cc3)cc2)c1. The van der Waals surface area contributed by atoms with Gasteiger partial charge in [-0.05, 0) is 72.1 Å². The van der Waals surface area contributed by atoms with Gasteiger partial charge in [-0.1, -0.05) is 110 Å². The van der Waals surface area contributed by atoms with Crippen LogP contribution in [-0.4, -0.2) is 27.0 Å². The smallest absolute Gasteiger partial charge is 0.301 e. The highest BCUT2D eigenvalue weighted by Crippen LogP contribution is 2.44. The number of hydrogen-bond donors (Lipinski definition) is 1. The Morgan fingerprint density at radius 1 is 1.00 bits per heavy atom. The summed E-state index contributed by atoms with van der Waals surface area (Å²) in [5.74, 6) is -0.814. The molecule has 1 aliphatic heterocycles. The molecule has 1 fully saturated rings. The quantitative estimate of drug-likeness (QED) is 0.0527. The van der Waals surface area contributed by atoms with Crippen LogP contribution in [-0.2, 0) is 21.9 Å². The Balaban J connectivity index is 1.29. The molecule has 1 unspecified atom stereocenters. The van der Waals surface area contributed by atoms with Gasteiger partial charge in [0.15, 0.2) is 4.34 Å². The normalized spacial score (nSPS) is 15.8. The zero-order valence-electron chi connectivity index (χ0n) is 24.1. The molecule has 1 aliphatic rings. The molecule has 7 nitrogen and oxygen atoms in total. The predicted octanol–water partition coefficient (Wildman–Crippen LogP) is 9.41. The van der Waals surface area contributed by atoms with Gasteiger partial charge in [0.05, 0.1) is 11.6 Å². The lowest BCUT2D eigenvalue weighted by Crippen LogP contribution is -2.29. The van der Waals surface area contributed by atoms with Gasteiger partial charge in [-0.2, -0.15) is 0 Å². The molecule has 0 saturated carbocycles. The Bertz CT molecular complexity index is 1970. The van der Waals surface area contributed by atoms with Gasteiger partial charge in [0.1, 0.15) is 18.1 Å². The molecule has 1 saturated heterocycles. The van der Waals surface area contributed by atoms with E-state index in [4.69, 9.17) is 27.9 Å². The Morgan fingerprint density at radius 2 is 1.76 bits per heavy atom. The van der Waals surface area contributed by atoms with E-state index in [0.717, 1.165) is 21.2 Å². The lowest BCUT2D eigenvalue weighted by molar-refractivity contribution is -0.132. The number of halogens is 3. The minimum Gasteiger partial charge on any atom is -0.507 e. The van der Waals surface area contributed by atoms with E-state index in [1.54, 1.807) is 48.5 Å². The first-order chi connectivity index (χ1) is 22.2. The number of amides is 1. The molecule has 1 atom stereocenters. The zero-order valence-corrected chi connectivity index (χ0v) is 28.8. The molecule has 6 rings (SSSR count). The lowest BCUT2D eigenvalue weighted by atomic mass is 9.95. The number of aryl methyl sites for hydroxylation is 1. The van der Waals surface area contributed by atoms with Crippen molar-refractivity contribution in [2.75, 3.05) is 4.90 Å². The number of thioether (sulfide) groups is 1. The molecule has 0 aliphatic carbocycles. The molecule has 12 heteroatoms. The minimum absolute atomic E-state index is 0.0434. The highest BCUT2D eigenvalue weighted by atomic mass is 79.9. The van der Waals surface area contributed by atoms with Gasteiger partial charge in [-0.25, -0.2) is 0 Å². The van der Waals surface area contributed by atoms with E-state index in [9.17, 15) is 14.7 Å². The van der Waals surface area contributed by atoms with Crippen LogP contribution in [0.2, 0.25) is 10.0 Å². The largest absolute Gasteiger partial charge is 0.507 e. The summed E-state index contributed by atoms with van der Waals surface area (Å²) in [7, 11) is 0. The number of ketones is 1. The van der Waals surface area contributed by atoms with Crippen LogP contribution in [0.25, 0.3) is 5.76 Å². The van der Waals surface area contributed by atoms with Gasteiger partial charge >= 0.3 is 5.91 Å². The number of Topliss-reactive ketones (excluding diaryl/α,β-unsaturated/α-hetero) is 1. The summed E-state index contributed by atoms with van der Waals surface area (Å²) in [6.07, 6.45) is 0. The van der Waals surface area contributed by atoms with Crippen LogP contribution in [0.3, 0.4) is 0 Å². The maximum atomic E-state index is 13.6. The number of carbonyl (C=O) groups is 2. The number of hydrogen-bond acceptors (Lipinski definition) is 8. The van der Waals surface area contributed by atoms with Crippen LogP contribution in [0.15, 0.2) is 105 Å². The van der Waals surface area contributed by atoms with E-state index in [0.29, 0.717) is 43.6 Å². The van der Waals surface area contributed by atoms with E-state index in [-0.39, 0.29) is 16.5 Å². The van der Waals surface area contributed by atoms with E-state index in [2.05, 4.69) is 32.2 Å². The first-order valence-corrected chi connectivity index (χ1v) is 17.3. The third-order valence-corrected chi connectivity index (χ3v) is 10.4. The van der Waals surface area contributed by atoms with Crippen LogP contribution >= 0.6 is 62.2 Å². The molecule has 0 spiro atoms. The fourth-order valence-corrected chi connectivity index (χ4v) is 7.65. The lowest BCUT2D eigenvalue weighted by Gasteiger charge is -2.22. The number of aliphatic hydroxyl groups excluding tert-OH is 1. The van der Waals surface area contributed by atoms with Crippen molar-refractivity contribution in [3.05, 3.63) is 139 Å². The topological polar surface area (TPSA) is 92.6 Å². The Labute approximate surface area is 292 Å². The molecule has 1 amide bonds. The van der Waals surface area contributed by atoms with Crippen molar-refractivity contribution in [2.45, 2.75) is 29.7 Å². The molecule has 2 heterocycles. The number of aromatic nitrogens is 2. The van der Waals surface area contributed by atoms with Crippen LogP contribution < -0.4 is 9.64 Å². The molecule has 0 radical (unpaired) electrons. The molecule has 0 bridgehead atoms. The van der Waals surface area contributed by atoms with Crippen LogP contribution in [0.1, 0.15) is 33.9 Å². The molecule has 5 aromatic rings. The van der Waals surface area contributed by atoms with Gasteiger partial charge in [0.25, 0.3) is 5.78 Å². The summed E-state index contributed by atoms with van der Waals surface area (Å²) >= 11 is 18.4. The molecule has 4 aromatic carbocycles. The van der Waals surface area contributed by atoms with E-state index in [1.807, 2.05) is 43.3 Å². The predicted molar refractivity (Wildman–Crippen MR) is 187 cm³/mol. The second-order valence-electron chi connectivity index (χ2n) is 10.4. The second kappa shape index (κ2) is 14.0. The zero-order chi connectivity index (χ0) is 32.4. The van der Waals surface area contributed by atoms with Gasteiger partial charge in [-0.15, -0.1) is 10.2 Å². The van der Waals surface area contributed by atoms with Crippen LogP contribution in [0, 0.1) is 6.92 Å². The van der Waals surface area contributed by atoms with Crippen molar-refractivity contribution >= 4 is 84.8 Å². The van der Waals surface area contributed by atoms with E-state index >= 15 is 0 Å². The van der Waals surface area contributed by atoms with Gasteiger partial charge in [0.2, 0.25) is 5.13 Å². The Kier molecular flexibility index (Phi) is 9.81. The second-order valence-corrected chi connectivity index (χ2v) is 14.3. The first kappa shape index (κ1) is 32.3. The van der Waals surface area contributed by atoms with E-state index in [1.165, 1.54) is 28.0 Å². The third kappa shape index (κ3) is 7.01. The molecule has 1 N–H and O–H groups in total. The highest BCUT2D eigenvalue weighted by molar-refractivity contribution is 9.10. The summed E-state index contributed by atoms with van der Waals surface area (Å²) in [4.78, 5) is 28.4. The third-order valence-electron chi connectivity index (χ3n) is 7.21. The molecular weight excluding hydrogens is 729 g/mol. The summed E-state index contributed by atoms with van der Waals surface area (Å²) in [5, 5.41) is 21.4. The van der Waals surface area contributed by atoms with Crippen molar-refractivity contribution < 1.29 is 19.4 Å². The van der Waals surface area contributed by atoms with Crippen LogP contribution in [0.4, 0.5) is 5.13 Å². The van der Waals surface area contributed by atoms with Gasteiger partial charge < -0.3 is 9.84 Å². The number of anilines is 1. The average molecular weight is 754 g/mol. The highest BCUT2D eigenvalue weighted by Gasteiger charge is 2.48. The van der Waals surface area contributed by atoms with Gasteiger partial charge in [-0.3, -0.25) is 14.5 Å². The number of nitrogens with zero attached hydrogens (tertiary/aromatic N) is 3. The van der Waals surface area contributed by atoms with Crippen molar-refractivity contribution in [1.29, 1.82) is 0 Å². The van der Waals surface area contributed by atoms with Gasteiger partial charge in [0, 0.05) is 25.8 Å². The maximum absolute atomic E-state index is 13.6. The summed E-state index contributed by atoms with van der Waals surface area (Å²) in [6, 6.07) is 26.4. The number of rotatable bonds is 9.